The Kier molecular flexibility index (Phi) is 4.75. The van der Waals surface area contributed by atoms with Gasteiger partial charge in [0.15, 0.2) is 0 Å². The number of carbonyl (C=O) groups is 1. The number of carbonyl (C=O) groups excluding carboxylic acids is 1. The van der Waals surface area contributed by atoms with Gasteiger partial charge >= 0.3 is 0 Å². The van der Waals surface area contributed by atoms with Crippen LogP contribution in [0.2, 0.25) is 5.02 Å². The quantitative estimate of drug-likeness (QED) is 0.885. The molecule has 0 radical (unpaired) electrons. The Labute approximate surface area is 133 Å². The van der Waals surface area contributed by atoms with Crippen molar-refractivity contribution in [2.45, 2.75) is 37.5 Å². The summed E-state index contributed by atoms with van der Waals surface area (Å²) in [7, 11) is 0. The third kappa shape index (κ3) is 3.72. The van der Waals surface area contributed by atoms with Crippen molar-refractivity contribution in [3.63, 3.8) is 0 Å². The van der Waals surface area contributed by atoms with Crippen LogP contribution in [-0.4, -0.2) is 17.7 Å². The number of hydrogen-bond acceptors (Lipinski definition) is 2. The highest BCUT2D eigenvalue weighted by atomic mass is 35.5. The molecule has 3 atom stereocenters. The molecule has 2 aliphatic carbocycles. The molecule has 1 amide bonds. The number of hydrogen-bond donors (Lipinski definition) is 1. The first-order valence-electron chi connectivity index (χ1n) is 7.43. The van der Waals surface area contributed by atoms with E-state index in [9.17, 15) is 9.18 Å². The highest BCUT2D eigenvalue weighted by molar-refractivity contribution is 7.99. The Morgan fingerprint density at radius 1 is 1.38 bits per heavy atom. The fourth-order valence-corrected chi connectivity index (χ4v) is 4.55. The van der Waals surface area contributed by atoms with Crippen molar-refractivity contribution < 1.29 is 9.18 Å². The van der Waals surface area contributed by atoms with Gasteiger partial charge < -0.3 is 5.32 Å². The van der Waals surface area contributed by atoms with Crippen molar-refractivity contribution in [2.75, 3.05) is 5.75 Å². The lowest BCUT2D eigenvalue weighted by molar-refractivity contribution is -0.119. The number of thioether (sulfide) groups is 1. The van der Waals surface area contributed by atoms with E-state index < -0.39 is 0 Å². The zero-order valence-electron chi connectivity index (χ0n) is 11.8. The second-order valence-electron chi connectivity index (χ2n) is 6.08. The van der Waals surface area contributed by atoms with Crippen LogP contribution in [0.3, 0.4) is 0 Å². The predicted octanol–water partition coefficient (Wildman–Crippen LogP) is 4.02. The average molecular weight is 328 g/mol. The molecule has 0 aliphatic heterocycles. The molecule has 1 aromatic carbocycles. The molecule has 21 heavy (non-hydrogen) atoms. The number of benzene rings is 1. The molecule has 2 saturated carbocycles. The molecule has 0 spiro atoms. The molecule has 5 heteroatoms. The molecule has 2 aliphatic rings. The molecule has 0 unspecified atom stereocenters. The van der Waals surface area contributed by atoms with E-state index in [2.05, 4.69) is 5.32 Å². The molecule has 0 aromatic heterocycles. The number of amides is 1. The first kappa shape index (κ1) is 15.2. The van der Waals surface area contributed by atoms with Crippen LogP contribution in [0.25, 0.3) is 0 Å². The van der Waals surface area contributed by atoms with Crippen LogP contribution < -0.4 is 5.32 Å². The number of rotatable bonds is 5. The van der Waals surface area contributed by atoms with Gasteiger partial charge in [-0.3, -0.25) is 4.79 Å². The van der Waals surface area contributed by atoms with Gasteiger partial charge in [0, 0.05) is 16.8 Å². The van der Waals surface area contributed by atoms with Gasteiger partial charge in [0.25, 0.3) is 0 Å². The Balaban J connectivity index is 1.42. The maximum Gasteiger partial charge on any atom is 0.230 e. The molecule has 2 bridgehead atoms. The van der Waals surface area contributed by atoms with Crippen LogP contribution in [0.4, 0.5) is 4.39 Å². The van der Waals surface area contributed by atoms with Crippen LogP contribution >= 0.6 is 23.4 Å². The molecule has 1 aromatic rings. The number of nitrogens with one attached hydrogen (secondary N) is 1. The predicted molar refractivity (Wildman–Crippen MR) is 85.0 cm³/mol. The summed E-state index contributed by atoms with van der Waals surface area (Å²) < 4.78 is 13.6. The summed E-state index contributed by atoms with van der Waals surface area (Å²) in [5.41, 5.74) is 0.595. The average Bonchev–Trinajstić information content (AvgIpc) is 3.03. The second-order valence-corrected chi connectivity index (χ2v) is 7.50. The maximum atomic E-state index is 13.6. The zero-order chi connectivity index (χ0) is 14.8. The van der Waals surface area contributed by atoms with E-state index in [4.69, 9.17) is 11.6 Å². The second kappa shape index (κ2) is 6.57. The first-order valence-corrected chi connectivity index (χ1v) is 8.96. The zero-order valence-corrected chi connectivity index (χ0v) is 13.4. The third-order valence-corrected chi connectivity index (χ3v) is 5.81. The van der Waals surface area contributed by atoms with Crippen molar-refractivity contribution in [1.29, 1.82) is 0 Å². The van der Waals surface area contributed by atoms with Gasteiger partial charge in [0.05, 0.1) is 5.75 Å². The van der Waals surface area contributed by atoms with Gasteiger partial charge in [-0.15, -0.1) is 11.8 Å². The van der Waals surface area contributed by atoms with Crippen LogP contribution in [-0.2, 0) is 10.5 Å². The Hall–Kier alpha value is -0.740. The summed E-state index contributed by atoms with van der Waals surface area (Å²) >= 11 is 7.16. The van der Waals surface area contributed by atoms with E-state index >= 15 is 0 Å². The van der Waals surface area contributed by atoms with Gasteiger partial charge in [0.1, 0.15) is 5.82 Å². The molecule has 2 nitrogen and oxygen atoms in total. The van der Waals surface area contributed by atoms with Gasteiger partial charge in [-0.2, -0.15) is 0 Å². The highest BCUT2D eigenvalue weighted by Crippen LogP contribution is 2.44. The van der Waals surface area contributed by atoms with Crippen LogP contribution in [0.5, 0.6) is 0 Å². The van der Waals surface area contributed by atoms with E-state index in [0.29, 0.717) is 34.1 Å². The van der Waals surface area contributed by atoms with Crippen LogP contribution in [0.15, 0.2) is 18.2 Å². The van der Waals surface area contributed by atoms with Gasteiger partial charge in [0.2, 0.25) is 5.91 Å². The molecule has 114 valence electrons. The number of fused-ring (bicyclic) bond motifs is 2. The maximum absolute atomic E-state index is 13.6. The van der Waals surface area contributed by atoms with E-state index in [1.54, 1.807) is 12.1 Å². The summed E-state index contributed by atoms with van der Waals surface area (Å²) in [6, 6.07) is 5.05. The van der Waals surface area contributed by atoms with E-state index in [1.165, 1.54) is 37.1 Å². The van der Waals surface area contributed by atoms with Crippen LogP contribution in [0.1, 0.15) is 31.2 Å². The minimum absolute atomic E-state index is 0.0759. The van der Waals surface area contributed by atoms with Gasteiger partial charge in [-0.25, -0.2) is 4.39 Å². The first-order chi connectivity index (χ1) is 10.1. The topological polar surface area (TPSA) is 29.1 Å². The summed E-state index contributed by atoms with van der Waals surface area (Å²) in [6.07, 6.45) is 5.03. The van der Waals surface area contributed by atoms with E-state index in [0.717, 1.165) is 12.3 Å². The smallest absolute Gasteiger partial charge is 0.230 e. The molecular weight excluding hydrogens is 309 g/mol. The molecule has 2 fully saturated rings. The van der Waals surface area contributed by atoms with Crippen molar-refractivity contribution in [1.82, 2.24) is 5.32 Å². The lowest BCUT2D eigenvalue weighted by atomic mass is 9.95. The van der Waals surface area contributed by atoms with Gasteiger partial charge in [-0.05, 0) is 48.8 Å². The standard InChI is InChI=1S/C16H19ClFNOS/c17-13-4-3-12(14(18)7-13)8-21-9-16(20)19-15-6-10-1-2-11(15)5-10/h3-4,7,10-11,15H,1-2,5-6,8-9H2,(H,19,20)/t10-,11-,15-/m0/s1. The monoisotopic (exact) mass is 327 g/mol. The molecule has 1 N–H and O–H groups in total. The summed E-state index contributed by atoms with van der Waals surface area (Å²) in [6.45, 7) is 0. The minimum Gasteiger partial charge on any atom is -0.352 e. The molecule has 0 saturated heterocycles. The summed E-state index contributed by atoms with van der Waals surface area (Å²) in [5, 5.41) is 3.54. The summed E-state index contributed by atoms with van der Waals surface area (Å²) in [4.78, 5) is 12.0. The Morgan fingerprint density at radius 3 is 2.90 bits per heavy atom. The Morgan fingerprint density at radius 2 is 2.24 bits per heavy atom. The largest absolute Gasteiger partial charge is 0.352 e. The highest BCUT2D eigenvalue weighted by Gasteiger charge is 2.39. The number of halogens is 2. The van der Waals surface area contributed by atoms with E-state index in [1.807, 2.05) is 0 Å². The van der Waals surface area contributed by atoms with Crippen LogP contribution in [0, 0.1) is 17.7 Å². The fraction of sp³-hybridized carbons (Fsp3) is 0.562. The fourth-order valence-electron chi connectivity index (χ4n) is 3.56. The molecule has 0 heterocycles. The van der Waals surface area contributed by atoms with Crippen molar-refractivity contribution in [2.24, 2.45) is 11.8 Å². The molecular formula is C16H19ClFNOS. The van der Waals surface area contributed by atoms with Gasteiger partial charge in [-0.1, -0.05) is 24.1 Å². The van der Waals surface area contributed by atoms with E-state index in [-0.39, 0.29) is 11.7 Å². The van der Waals surface area contributed by atoms with Crippen molar-refractivity contribution >= 4 is 29.3 Å². The Bertz CT molecular complexity index is 539. The third-order valence-electron chi connectivity index (χ3n) is 4.59. The van der Waals surface area contributed by atoms with Crippen molar-refractivity contribution in [3.05, 3.63) is 34.6 Å². The SMILES string of the molecule is O=C(CSCc1ccc(Cl)cc1F)N[C@H]1C[C@H]2CC[C@H]1C2. The minimum atomic E-state index is -0.302. The summed E-state index contributed by atoms with van der Waals surface area (Å²) in [5.74, 6) is 2.17. The lowest BCUT2D eigenvalue weighted by Gasteiger charge is -2.22. The molecule has 3 rings (SSSR count). The normalized spacial score (nSPS) is 27.0. The lowest BCUT2D eigenvalue weighted by Crippen LogP contribution is -2.39. The van der Waals surface area contributed by atoms with Crippen molar-refractivity contribution in [3.8, 4) is 0 Å².